The van der Waals surface area contributed by atoms with Crippen LogP contribution in [0.25, 0.3) is 0 Å². The van der Waals surface area contributed by atoms with E-state index in [1.807, 2.05) is 56.4 Å². The number of carbonyl (C=O) groups is 2. The van der Waals surface area contributed by atoms with Gasteiger partial charge in [-0.2, -0.15) is 0 Å². The topological polar surface area (TPSA) is 286 Å². The van der Waals surface area contributed by atoms with Crippen LogP contribution in [0.5, 0.6) is 17.6 Å². The quantitative estimate of drug-likeness (QED) is 0.0278. The first-order chi connectivity index (χ1) is 48.6. The van der Waals surface area contributed by atoms with Gasteiger partial charge in [0, 0.05) is 93.5 Å². The molecule has 4 fully saturated rings. The molecule has 0 spiro atoms. The number of carboxylic acid groups (broad SMARTS) is 1. The molecular formula is C74H101Cl2N13O12. The standard InChI is InChI=1S/C22H34N4O2.C18H27N3O3.C18H25N3O3.C10H11ClN2O2.C6H4ClNO2/c1-18-7-5-12-26(18)13-6-14-27-20-9-8-19(15-23-20)21-24-22(2,17-28-21)16-25-10-3-4-11-25;2*1-14-5-3-8-21(14)9-4-10-23-16-7-6-15(11-19-16)17-20-18(2,12-22)13-24-17;1-10(5-14)6-15-9(13-10)7-2-3-8(11)12-4-7;7-5-2-1-4(3-8-5)6(9)10/h8-9,15,18H,3-7,10-14,16-17H2,1-2H3;6-7,11,14,22H,3-5,8-10,12-13H2,1-2H3;6-7,11-12,14H,3-5,8-10,13H2,1-2H3;2-4,14H,5-6H2,1H3;1-3H,(H,9,10). The zero-order valence-electron chi connectivity index (χ0n) is 59.6. The molecule has 7 atom stereocenters. The first-order valence-electron chi connectivity index (χ1n) is 35.4. The molecule has 0 aliphatic carbocycles. The van der Waals surface area contributed by atoms with Gasteiger partial charge in [0.25, 0.3) is 0 Å². The minimum absolute atomic E-state index is 0.0270. The Labute approximate surface area is 603 Å². The highest BCUT2D eigenvalue weighted by molar-refractivity contribution is 6.29. The number of halogens is 2. The average molecular weight is 1440 g/mol. The molecule has 27 heteroatoms. The summed E-state index contributed by atoms with van der Waals surface area (Å²) in [6.45, 7) is 28.5. The van der Waals surface area contributed by atoms with E-state index in [1.165, 1.54) is 102 Å². The lowest BCUT2D eigenvalue weighted by atomic mass is 10.1. The third-order valence-corrected chi connectivity index (χ3v) is 19.2. The smallest absolute Gasteiger partial charge is 0.337 e. The van der Waals surface area contributed by atoms with Crippen LogP contribution in [0, 0.1) is 0 Å². The van der Waals surface area contributed by atoms with E-state index in [9.17, 15) is 14.7 Å². The Bertz CT molecular complexity index is 3540. The van der Waals surface area contributed by atoms with E-state index < -0.39 is 22.6 Å². The SMILES string of the molecule is CC1(CO)COC(c2ccc(Cl)nc2)=N1.CC1CCCN1CCCOc1ccc(C2=NC(C)(C=O)CO2)cn1.CC1CCCN1CCCOc1ccc(C2=NC(C)(CN3CCCC3)CO2)cn1.CC1CCCN1CCCOc1ccc(C2=NC(C)(CO)CO2)cn1.O=C(O)c1ccc(Cl)nc1. The van der Waals surface area contributed by atoms with Crippen molar-refractivity contribution in [1.82, 2.24) is 44.5 Å². The number of hydrogen-bond acceptors (Lipinski definition) is 24. The van der Waals surface area contributed by atoms with Gasteiger partial charge in [-0.15, -0.1) is 0 Å². The number of rotatable bonds is 25. The summed E-state index contributed by atoms with van der Waals surface area (Å²) in [6, 6.07) is 19.8. The summed E-state index contributed by atoms with van der Waals surface area (Å²) >= 11 is 11.1. The van der Waals surface area contributed by atoms with Crippen LogP contribution in [0.1, 0.15) is 152 Å². The number of ether oxygens (including phenoxy) is 7. The molecule has 0 saturated carbocycles. The van der Waals surface area contributed by atoms with E-state index in [0.29, 0.717) is 103 Å². The highest BCUT2D eigenvalue weighted by Crippen LogP contribution is 2.28. The molecule has 5 aromatic heterocycles. The maximum absolute atomic E-state index is 11.0. The van der Waals surface area contributed by atoms with Gasteiger partial charge in [0.1, 0.15) is 53.4 Å². The van der Waals surface area contributed by atoms with Crippen molar-refractivity contribution >= 4 is 59.0 Å². The number of aliphatic hydroxyl groups is 2. The second-order valence-electron chi connectivity index (χ2n) is 28.0. The Kier molecular flexibility index (Phi) is 28.9. The van der Waals surface area contributed by atoms with Crippen LogP contribution in [-0.2, 0) is 23.7 Å². The fourth-order valence-electron chi connectivity index (χ4n) is 12.5. The van der Waals surface area contributed by atoms with Crippen LogP contribution in [0.4, 0.5) is 0 Å². The predicted molar refractivity (Wildman–Crippen MR) is 389 cm³/mol. The fraction of sp³-hybridized carbons (Fsp3) is 0.581. The monoisotopic (exact) mass is 1430 g/mol. The minimum atomic E-state index is -0.996. The molecule has 101 heavy (non-hydrogen) atoms. The van der Waals surface area contributed by atoms with E-state index in [4.69, 9.17) is 71.6 Å². The summed E-state index contributed by atoms with van der Waals surface area (Å²) in [4.78, 5) is 69.8. The second-order valence-corrected chi connectivity index (χ2v) is 28.7. The normalized spacial score (nSPS) is 25.4. The van der Waals surface area contributed by atoms with E-state index in [1.54, 1.807) is 37.6 Å². The molecular weight excluding hydrogens is 1330 g/mol. The van der Waals surface area contributed by atoms with Gasteiger partial charge in [-0.3, -0.25) is 0 Å². The Morgan fingerprint density at radius 3 is 1.18 bits per heavy atom. The van der Waals surface area contributed by atoms with Crippen molar-refractivity contribution in [3.63, 3.8) is 0 Å². The summed E-state index contributed by atoms with van der Waals surface area (Å²) in [5, 5.41) is 27.6. The Morgan fingerprint density at radius 2 is 0.861 bits per heavy atom. The highest BCUT2D eigenvalue weighted by Gasteiger charge is 2.37. The lowest BCUT2D eigenvalue weighted by Gasteiger charge is -2.25. The molecule has 4 saturated heterocycles. The number of likely N-dealkylation sites (tertiary alicyclic amines) is 4. The van der Waals surface area contributed by atoms with Gasteiger partial charge in [-0.05, 0) is 194 Å². The van der Waals surface area contributed by atoms with Crippen LogP contribution < -0.4 is 14.2 Å². The van der Waals surface area contributed by atoms with Crippen LogP contribution in [-0.4, -0.2) is 254 Å². The summed E-state index contributed by atoms with van der Waals surface area (Å²) in [7, 11) is 0. The largest absolute Gasteiger partial charge is 0.478 e. The Hall–Kier alpha value is -7.49. The van der Waals surface area contributed by atoms with Crippen molar-refractivity contribution in [3.8, 4) is 17.6 Å². The number of hydrogen-bond donors (Lipinski definition) is 3. The van der Waals surface area contributed by atoms with Gasteiger partial charge in [-0.1, -0.05) is 23.2 Å². The van der Waals surface area contributed by atoms with Gasteiger partial charge in [-0.25, -0.2) is 49.7 Å². The maximum Gasteiger partial charge on any atom is 0.337 e. The fourth-order valence-corrected chi connectivity index (χ4v) is 12.7. The summed E-state index contributed by atoms with van der Waals surface area (Å²) in [5.41, 5.74) is 1.42. The molecule has 8 aliphatic rings. The third-order valence-electron chi connectivity index (χ3n) is 18.7. The van der Waals surface area contributed by atoms with Crippen molar-refractivity contribution in [2.24, 2.45) is 20.0 Å². The van der Waals surface area contributed by atoms with Crippen LogP contribution >= 0.6 is 23.2 Å². The molecule has 0 amide bonds. The molecule has 0 aromatic carbocycles. The van der Waals surface area contributed by atoms with Gasteiger partial charge in [0.05, 0.1) is 60.9 Å². The van der Waals surface area contributed by atoms with Crippen LogP contribution in [0.2, 0.25) is 10.3 Å². The molecule has 7 unspecified atom stereocenters. The number of aliphatic imine (C=N–C) groups is 4. The predicted octanol–water partition coefficient (Wildman–Crippen LogP) is 9.59. The number of carboxylic acids is 1. The first kappa shape index (κ1) is 77.7. The number of carbonyl (C=O) groups excluding carboxylic acids is 1. The van der Waals surface area contributed by atoms with E-state index in [-0.39, 0.29) is 30.9 Å². The maximum atomic E-state index is 11.0. The molecule has 13 rings (SSSR count). The average Bonchev–Trinajstić information content (AvgIpc) is 1.70. The molecule has 3 N–H and O–H groups in total. The van der Waals surface area contributed by atoms with Crippen molar-refractivity contribution in [2.75, 3.05) is 118 Å². The van der Waals surface area contributed by atoms with E-state index in [2.05, 4.69) is 87.2 Å². The Morgan fingerprint density at radius 1 is 0.495 bits per heavy atom. The summed E-state index contributed by atoms with van der Waals surface area (Å²) in [6.07, 6.45) is 22.4. The van der Waals surface area contributed by atoms with E-state index >= 15 is 0 Å². The molecule has 13 heterocycles. The van der Waals surface area contributed by atoms with Crippen LogP contribution in [0.3, 0.4) is 0 Å². The van der Waals surface area contributed by atoms with Crippen molar-refractivity contribution in [1.29, 1.82) is 0 Å². The number of nitrogens with zero attached hydrogens (tertiary/aromatic N) is 13. The third kappa shape index (κ3) is 23.8. The van der Waals surface area contributed by atoms with Gasteiger partial charge in [0.2, 0.25) is 41.2 Å². The van der Waals surface area contributed by atoms with Crippen molar-refractivity contribution in [3.05, 3.63) is 130 Å². The van der Waals surface area contributed by atoms with Crippen LogP contribution in [0.15, 0.2) is 112 Å². The van der Waals surface area contributed by atoms with Gasteiger partial charge in [0.15, 0.2) is 11.8 Å². The van der Waals surface area contributed by atoms with Crippen molar-refractivity contribution in [2.45, 2.75) is 159 Å². The molecule has 8 aliphatic heterocycles. The van der Waals surface area contributed by atoms with E-state index in [0.717, 1.165) is 80.0 Å². The highest BCUT2D eigenvalue weighted by atomic mass is 35.5. The Balaban J connectivity index is 0.000000152. The first-order valence-corrected chi connectivity index (χ1v) is 36.2. The minimum Gasteiger partial charge on any atom is -0.478 e. The molecule has 25 nitrogen and oxygen atoms in total. The summed E-state index contributed by atoms with van der Waals surface area (Å²) < 4.78 is 39.6. The van der Waals surface area contributed by atoms with Gasteiger partial charge < -0.3 is 72.9 Å². The summed E-state index contributed by atoms with van der Waals surface area (Å²) in [5.74, 6) is 3.13. The second kappa shape index (κ2) is 37.6. The lowest BCUT2D eigenvalue weighted by Crippen LogP contribution is -2.39. The number of aliphatic hydroxyl groups excluding tert-OH is 2. The number of pyridine rings is 5. The molecule has 0 bridgehead atoms. The number of aldehydes is 1. The molecule has 0 radical (unpaired) electrons. The lowest BCUT2D eigenvalue weighted by molar-refractivity contribution is -0.112. The van der Waals surface area contributed by atoms with Gasteiger partial charge >= 0.3 is 5.97 Å². The number of aromatic nitrogens is 5. The zero-order valence-corrected chi connectivity index (χ0v) is 61.1. The molecule has 5 aromatic rings. The van der Waals surface area contributed by atoms with Crippen molar-refractivity contribution < 1.29 is 58.1 Å². The zero-order chi connectivity index (χ0) is 71.8. The molecule has 548 valence electrons. The number of aromatic carboxylic acids is 1.